The van der Waals surface area contributed by atoms with Gasteiger partial charge in [-0.1, -0.05) is 60.7 Å². The summed E-state index contributed by atoms with van der Waals surface area (Å²) in [7, 11) is 0. The van der Waals surface area contributed by atoms with E-state index in [0.717, 1.165) is 11.1 Å². The molecule has 0 aromatic heterocycles. The molecule has 0 heterocycles. The van der Waals surface area contributed by atoms with Gasteiger partial charge >= 0.3 is 23.9 Å². The highest BCUT2D eigenvalue weighted by Crippen LogP contribution is 2.27. The molecular formula is C54H68N2O14. The molecule has 0 bridgehead atoms. The average molecular weight is 969 g/mol. The third-order valence-corrected chi connectivity index (χ3v) is 8.98. The summed E-state index contributed by atoms with van der Waals surface area (Å²) < 4.78 is 46.3. The van der Waals surface area contributed by atoms with Gasteiger partial charge in [-0.15, -0.1) is 0 Å². The van der Waals surface area contributed by atoms with E-state index in [0.29, 0.717) is 0 Å². The number of ether oxygens (including phenoxy) is 8. The molecule has 378 valence electrons. The molecule has 4 aromatic rings. The summed E-state index contributed by atoms with van der Waals surface area (Å²) in [6, 6.07) is 25.0. The molecule has 0 aliphatic rings. The van der Waals surface area contributed by atoms with Crippen molar-refractivity contribution in [3.8, 4) is 23.0 Å². The molecule has 0 fully saturated rings. The van der Waals surface area contributed by atoms with Gasteiger partial charge in [-0.2, -0.15) is 0 Å². The minimum absolute atomic E-state index is 0.0505. The molecule has 0 saturated carbocycles. The highest BCUT2D eigenvalue weighted by Gasteiger charge is 2.33. The number of amides is 2. The Morgan fingerprint density at radius 1 is 0.414 bits per heavy atom. The Hall–Kier alpha value is -7.10. The molecule has 2 N–H and O–H groups in total. The zero-order chi connectivity index (χ0) is 51.9. The van der Waals surface area contributed by atoms with Crippen LogP contribution in [0.15, 0.2) is 97.1 Å². The van der Waals surface area contributed by atoms with Gasteiger partial charge < -0.3 is 48.5 Å². The molecule has 0 spiro atoms. The Morgan fingerprint density at radius 2 is 0.714 bits per heavy atom. The van der Waals surface area contributed by atoms with E-state index in [1.165, 1.54) is 24.3 Å². The topological polar surface area (TPSA) is 200 Å². The van der Waals surface area contributed by atoms with E-state index < -0.39 is 83.0 Å². The van der Waals surface area contributed by atoms with E-state index in [-0.39, 0.29) is 60.6 Å². The minimum Gasteiger partial charge on any atom is -0.490 e. The molecule has 0 aliphatic heterocycles. The van der Waals surface area contributed by atoms with Crippen molar-refractivity contribution in [2.45, 2.75) is 144 Å². The second-order valence-electron chi connectivity index (χ2n) is 20.3. The molecular weight excluding hydrogens is 901 g/mol. The zero-order valence-electron chi connectivity index (χ0n) is 42.4. The number of nitrogens with one attached hydrogen (secondary N) is 2. The standard InChI is InChI=1S/C54H68N2O14/c1-51(2,3)67-45(57)31-43(49(61)69-53(7,8)9)55-47(59)37-25-39(29-41(27-37)65-33-35-19-15-13-16-20-35)63-23-24-64-40-26-38(28-42(30-40)66-34-36-21-17-14-18-22-36)48(60)56-44(50(62)70-54(10,11)12)32-46(58)68-52(4,5)6/h13-22,25-30,43-44H,23-24,31-34H2,1-12H3,(H,55,59)(H,56,60)/t43-,44-/m1/s1. The molecule has 70 heavy (non-hydrogen) atoms. The molecule has 2 amide bonds. The van der Waals surface area contributed by atoms with Gasteiger partial charge in [0.15, 0.2) is 0 Å². The quantitative estimate of drug-likeness (QED) is 0.0457. The first-order valence-corrected chi connectivity index (χ1v) is 23.0. The maximum atomic E-state index is 13.9. The van der Waals surface area contributed by atoms with Crippen LogP contribution in [0.1, 0.15) is 128 Å². The minimum atomic E-state index is -1.39. The number of carbonyl (C=O) groups excluding carboxylic acids is 6. The molecule has 0 aliphatic carbocycles. The fraction of sp³-hybridized carbons (Fsp3) is 0.444. The van der Waals surface area contributed by atoms with Crippen molar-refractivity contribution in [3.05, 3.63) is 119 Å². The molecule has 0 radical (unpaired) electrons. The van der Waals surface area contributed by atoms with Crippen LogP contribution in [0.3, 0.4) is 0 Å². The molecule has 16 heteroatoms. The normalized spacial score (nSPS) is 12.6. The Kier molecular flexibility index (Phi) is 19.4. The van der Waals surface area contributed by atoms with E-state index in [9.17, 15) is 28.8 Å². The van der Waals surface area contributed by atoms with Crippen molar-refractivity contribution in [1.82, 2.24) is 10.6 Å². The number of esters is 4. The predicted molar refractivity (Wildman–Crippen MR) is 261 cm³/mol. The van der Waals surface area contributed by atoms with Crippen molar-refractivity contribution >= 4 is 35.7 Å². The van der Waals surface area contributed by atoms with Gasteiger partial charge in [-0.05, 0) is 118 Å². The van der Waals surface area contributed by atoms with Crippen molar-refractivity contribution < 1.29 is 66.7 Å². The Bertz CT molecular complexity index is 2240. The van der Waals surface area contributed by atoms with Crippen LogP contribution in [0.25, 0.3) is 0 Å². The molecule has 0 unspecified atom stereocenters. The van der Waals surface area contributed by atoms with E-state index in [4.69, 9.17) is 37.9 Å². The largest absolute Gasteiger partial charge is 0.490 e. The lowest BCUT2D eigenvalue weighted by Crippen LogP contribution is -2.46. The third kappa shape index (κ3) is 21.0. The van der Waals surface area contributed by atoms with Gasteiger partial charge in [0.05, 0.1) is 12.8 Å². The van der Waals surface area contributed by atoms with Gasteiger partial charge in [-0.3, -0.25) is 19.2 Å². The summed E-state index contributed by atoms with van der Waals surface area (Å²) in [4.78, 5) is 80.2. The third-order valence-electron chi connectivity index (χ3n) is 8.98. The molecule has 0 saturated heterocycles. The smallest absolute Gasteiger partial charge is 0.329 e. The van der Waals surface area contributed by atoms with Crippen LogP contribution in [-0.4, -0.2) is 83.4 Å². The van der Waals surface area contributed by atoms with Crippen LogP contribution in [0.5, 0.6) is 23.0 Å². The predicted octanol–water partition coefficient (Wildman–Crippen LogP) is 8.65. The Morgan fingerprint density at radius 3 is 1.01 bits per heavy atom. The van der Waals surface area contributed by atoms with Crippen molar-refractivity contribution in [3.63, 3.8) is 0 Å². The lowest BCUT2D eigenvalue weighted by Gasteiger charge is -2.26. The summed E-state index contributed by atoms with van der Waals surface area (Å²) in [6.07, 6.45) is -0.970. The van der Waals surface area contributed by atoms with Crippen LogP contribution in [0.4, 0.5) is 0 Å². The lowest BCUT2D eigenvalue weighted by molar-refractivity contribution is -0.164. The first-order chi connectivity index (χ1) is 32.6. The van der Waals surface area contributed by atoms with E-state index in [1.54, 1.807) is 95.2 Å². The molecule has 4 rings (SSSR count). The van der Waals surface area contributed by atoms with Gasteiger partial charge in [0, 0.05) is 23.3 Å². The molecule has 16 nitrogen and oxygen atoms in total. The number of carbonyl (C=O) groups is 6. The monoisotopic (exact) mass is 968 g/mol. The van der Waals surface area contributed by atoms with Crippen LogP contribution in [0.2, 0.25) is 0 Å². The second kappa shape index (κ2) is 24.4. The molecule has 4 aromatic carbocycles. The summed E-state index contributed by atoms with van der Waals surface area (Å²) in [6.45, 7) is 20.3. The highest BCUT2D eigenvalue weighted by atomic mass is 16.6. The second-order valence-corrected chi connectivity index (χ2v) is 20.3. The average Bonchev–Trinajstić information content (AvgIpc) is 3.24. The van der Waals surface area contributed by atoms with E-state index >= 15 is 0 Å². The zero-order valence-corrected chi connectivity index (χ0v) is 42.4. The van der Waals surface area contributed by atoms with Crippen LogP contribution < -0.4 is 29.6 Å². The number of rotatable bonds is 21. The molecule has 2 atom stereocenters. The maximum Gasteiger partial charge on any atom is 0.329 e. The first-order valence-electron chi connectivity index (χ1n) is 23.0. The summed E-state index contributed by atoms with van der Waals surface area (Å²) in [5.41, 5.74) is -1.69. The van der Waals surface area contributed by atoms with Gasteiger partial charge in [0.2, 0.25) is 0 Å². The highest BCUT2D eigenvalue weighted by molar-refractivity contribution is 5.99. The van der Waals surface area contributed by atoms with E-state index in [1.807, 2.05) is 60.7 Å². The maximum absolute atomic E-state index is 13.9. The fourth-order valence-corrected chi connectivity index (χ4v) is 6.26. The summed E-state index contributed by atoms with van der Waals surface area (Å²) in [5, 5.41) is 5.26. The lowest BCUT2D eigenvalue weighted by atomic mass is 10.1. The van der Waals surface area contributed by atoms with Crippen LogP contribution in [-0.2, 0) is 51.3 Å². The van der Waals surface area contributed by atoms with Gasteiger partial charge in [0.1, 0.15) is 83.9 Å². The van der Waals surface area contributed by atoms with Crippen LogP contribution in [0, 0.1) is 0 Å². The SMILES string of the molecule is CC(C)(C)OC(=O)C[C@@H](NC(=O)c1cc(OCCOc2cc(OCc3ccccc3)cc(C(=O)N[C@H](CC(=O)OC(C)(C)C)C(=O)OC(C)(C)C)c2)cc(OCc2ccccc2)c1)C(=O)OC(C)(C)C. The summed E-state index contributed by atoms with van der Waals surface area (Å²) >= 11 is 0. The summed E-state index contributed by atoms with van der Waals surface area (Å²) in [5.74, 6) is -3.56. The van der Waals surface area contributed by atoms with Crippen molar-refractivity contribution in [2.24, 2.45) is 0 Å². The first kappa shape index (κ1) is 55.5. The fourth-order valence-electron chi connectivity index (χ4n) is 6.26. The Balaban J connectivity index is 1.59. The van der Waals surface area contributed by atoms with Crippen molar-refractivity contribution in [2.75, 3.05) is 13.2 Å². The number of hydrogen-bond acceptors (Lipinski definition) is 14. The van der Waals surface area contributed by atoms with Gasteiger partial charge in [0.25, 0.3) is 11.8 Å². The number of benzene rings is 4. The van der Waals surface area contributed by atoms with Gasteiger partial charge in [-0.25, -0.2) is 9.59 Å². The number of hydrogen-bond donors (Lipinski definition) is 2. The van der Waals surface area contributed by atoms with Crippen molar-refractivity contribution in [1.29, 1.82) is 0 Å². The Labute approximate surface area is 411 Å². The van der Waals surface area contributed by atoms with E-state index in [2.05, 4.69) is 10.6 Å². The van der Waals surface area contributed by atoms with Crippen LogP contribution >= 0.6 is 0 Å².